The zero-order chi connectivity index (χ0) is 30.5. The van der Waals surface area contributed by atoms with Crippen molar-refractivity contribution in [1.82, 2.24) is 4.98 Å². The molecule has 0 saturated carbocycles. The number of ether oxygens (including phenoxy) is 1. The smallest absolute Gasteiger partial charge is 0.305 e. The van der Waals surface area contributed by atoms with Crippen LogP contribution in [0, 0.1) is 11.7 Å². The highest BCUT2D eigenvalue weighted by molar-refractivity contribution is 8.00. The lowest BCUT2D eigenvalue weighted by Gasteiger charge is -2.31. The van der Waals surface area contributed by atoms with Crippen molar-refractivity contribution in [2.75, 3.05) is 16.8 Å². The number of carbonyl (C=O) groups is 3. The van der Waals surface area contributed by atoms with Gasteiger partial charge in [0.25, 0.3) is 5.91 Å². The zero-order valence-electron chi connectivity index (χ0n) is 22.6. The molecule has 2 aliphatic rings. The number of halogens is 2. The Morgan fingerprint density at radius 3 is 2.52 bits per heavy atom. The summed E-state index contributed by atoms with van der Waals surface area (Å²) in [6.07, 6.45) is 0. The topological polar surface area (TPSA) is 109 Å². The number of thioether (sulfide) groups is 1. The molecule has 3 heterocycles. The second kappa shape index (κ2) is 11.2. The lowest BCUT2D eigenvalue weighted by molar-refractivity contribution is -0.122. The molecule has 12 heteroatoms. The second-order valence-corrected chi connectivity index (χ2v) is 12.9. The molecule has 2 N–H and O–H groups in total. The number of aromatic amines is 1. The van der Waals surface area contributed by atoms with E-state index in [0.29, 0.717) is 26.2 Å². The molecule has 44 heavy (non-hydrogen) atoms. The van der Waals surface area contributed by atoms with Crippen molar-refractivity contribution in [3.05, 3.63) is 116 Å². The van der Waals surface area contributed by atoms with Gasteiger partial charge in [0.1, 0.15) is 16.8 Å². The summed E-state index contributed by atoms with van der Waals surface area (Å²) in [5.74, 6) is -3.27. The number of anilines is 2. The van der Waals surface area contributed by atoms with Crippen LogP contribution in [0.15, 0.2) is 94.7 Å². The lowest BCUT2D eigenvalue weighted by Crippen LogP contribution is -2.32. The summed E-state index contributed by atoms with van der Waals surface area (Å²) >= 11 is 8.50. The molecule has 1 fully saturated rings. The number of nitrogens with one attached hydrogen (secondary N) is 2. The van der Waals surface area contributed by atoms with Crippen LogP contribution in [0.25, 0.3) is 10.8 Å². The number of thiazole rings is 1. The average Bonchev–Trinajstić information content (AvgIpc) is 3.51. The molecule has 0 bridgehead atoms. The molecule has 8 nitrogen and oxygen atoms in total. The van der Waals surface area contributed by atoms with Crippen LogP contribution in [-0.4, -0.2) is 34.6 Å². The van der Waals surface area contributed by atoms with Crippen LogP contribution in [-0.2, 0) is 14.4 Å². The van der Waals surface area contributed by atoms with Crippen molar-refractivity contribution in [2.24, 2.45) is 5.92 Å². The first-order chi connectivity index (χ1) is 21.3. The molecule has 0 spiro atoms. The Bertz CT molecular complexity index is 2030. The van der Waals surface area contributed by atoms with Gasteiger partial charge >= 0.3 is 4.87 Å². The van der Waals surface area contributed by atoms with Gasteiger partial charge in [-0.1, -0.05) is 65.0 Å². The minimum Gasteiger partial charge on any atom is -0.483 e. The number of rotatable bonds is 6. The second-order valence-electron chi connectivity index (χ2n) is 10.3. The highest BCUT2D eigenvalue weighted by Gasteiger charge is 2.56. The molecule has 3 amide bonds. The van der Waals surface area contributed by atoms with Crippen LogP contribution in [0.4, 0.5) is 15.8 Å². The predicted octanol–water partition coefficient (Wildman–Crippen LogP) is 6.20. The molecule has 3 atom stereocenters. The van der Waals surface area contributed by atoms with Crippen molar-refractivity contribution in [3.8, 4) is 5.75 Å². The largest absolute Gasteiger partial charge is 0.483 e. The number of fused-ring (bicyclic) bond motifs is 3. The molecule has 2 aliphatic heterocycles. The summed E-state index contributed by atoms with van der Waals surface area (Å²) in [6, 6.07) is 23.3. The van der Waals surface area contributed by atoms with Crippen LogP contribution in [0.1, 0.15) is 16.4 Å². The van der Waals surface area contributed by atoms with Crippen LogP contribution >= 0.6 is 34.7 Å². The first kappa shape index (κ1) is 28.3. The minimum atomic E-state index is -0.913. The van der Waals surface area contributed by atoms with Crippen LogP contribution in [0.2, 0.25) is 5.02 Å². The van der Waals surface area contributed by atoms with E-state index in [1.165, 1.54) is 24.3 Å². The maximum Gasteiger partial charge on any atom is 0.305 e. The van der Waals surface area contributed by atoms with Gasteiger partial charge in [0.15, 0.2) is 6.61 Å². The van der Waals surface area contributed by atoms with Gasteiger partial charge < -0.3 is 15.0 Å². The Labute approximate surface area is 262 Å². The van der Waals surface area contributed by atoms with Crippen molar-refractivity contribution in [3.63, 3.8) is 0 Å². The Morgan fingerprint density at radius 2 is 1.73 bits per heavy atom. The predicted molar refractivity (Wildman–Crippen MR) is 168 cm³/mol. The molecule has 7 rings (SSSR count). The number of amides is 3. The summed E-state index contributed by atoms with van der Waals surface area (Å²) in [7, 11) is 0. The van der Waals surface area contributed by atoms with E-state index >= 15 is 0 Å². The molecular formula is C32H21ClFN3O5S2. The van der Waals surface area contributed by atoms with Crippen molar-refractivity contribution in [1.29, 1.82) is 0 Å². The maximum absolute atomic E-state index is 14.0. The Morgan fingerprint density at radius 1 is 0.955 bits per heavy atom. The van der Waals surface area contributed by atoms with Gasteiger partial charge in [0, 0.05) is 27.1 Å². The summed E-state index contributed by atoms with van der Waals surface area (Å²) in [5.41, 5.74) is 1.32. The van der Waals surface area contributed by atoms with Gasteiger partial charge in [-0.2, -0.15) is 0 Å². The molecule has 220 valence electrons. The molecule has 2 unspecified atom stereocenters. The monoisotopic (exact) mass is 645 g/mol. The highest BCUT2D eigenvalue weighted by Crippen LogP contribution is 2.54. The summed E-state index contributed by atoms with van der Waals surface area (Å²) in [5, 5.41) is 4.82. The Hall–Kier alpha value is -4.45. The molecule has 4 aromatic carbocycles. The Kier molecular flexibility index (Phi) is 7.23. The van der Waals surface area contributed by atoms with Crippen LogP contribution in [0.5, 0.6) is 5.75 Å². The number of carbonyl (C=O) groups excluding carboxylic acids is 3. The summed E-state index contributed by atoms with van der Waals surface area (Å²) in [4.78, 5) is 57.1. The molecule has 1 saturated heterocycles. The van der Waals surface area contributed by atoms with Gasteiger partial charge in [-0.3, -0.25) is 19.2 Å². The lowest BCUT2D eigenvalue weighted by atomic mass is 9.82. The number of imide groups is 1. The Balaban J connectivity index is 1.21. The fourth-order valence-electron chi connectivity index (χ4n) is 5.70. The number of nitrogens with zero attached hydrogens (tertiary/aromatic N) is 1. The fourth-order valence-corrected chi connectivity index (χ4v) is 8.38. The number of aromatic nitrogens is 1. The van der Waals surface area contributed by atoms with Gasteiger partial charge in [-0.25, -0.2) is 9.29 Å². The van der Waals surface area contributed by atoms with E-state index in [9.17, 15) is 23.6 Å². The van der Waals surface area contributed by atoms with Crippen LogP contribution < -0.4 is 19.8 Å². The molecule has 0 radical (unpaired) electrons. The van der Waals surface area contributed by atoms with Crippen LogP contribution in [0.3, 0.4) is 0 Å². The van der Waals surface area contributed by atoms with E-state index in [-0.39, 0.29) is 22.9 Å². The highest BCUT2D eigenvalue weighted by atomic mass is 35.5. The van der Waals surface area contributed by atoms with E-state index in [4.69, 9.17) is 16.3 Å². The molecular weight excluding hydrogens is 625 g/mol. The van der Waals surface area contributed by atoms with E-state index in [1.807, 2.05) is 36.4 Å². The first-order valence-electron chi connectivity index (χ1n) is 13.5. The first-order valence-corrected chi connectivity index (χ1v) is 15.6. The standard InChI is InChI=1S/C32H21ClFN3O5S2/c33-18-6-12-23(42-15-24(38)35-20-9-5-16-3-1-2-4-17(16)13-20)22(14-18)25-26-28(43-29-27(25)44-32(41)36-29)31(40)37(30(26)39)21-10-7-19(34)8-11-21/h1-14,25-26,28H,15H2,(H,35,38)(H,36,41)/t25-,26?,28?/m1/s1. The van der Waals surface area contributed by atoms with E-state index in [1.54, 1.807) is 24.3 Å². The third-order valence-electron chi connectivity index (χ3n) is 7.61. The SMILES string of the molecule is O=C(COc1ccc(Cl)cc1[C@H]1c2sc(=O)[nH]c2SC2C(=O)N(c3ccc(F)cc3)C(=O)C21)Nc1ccc2ccccc2c1. The molecule has 1 aromatic heterocycles. The minimum absolute atomic E-state index is 0.250. The third kappa shape index (κ3) is 5.06. The summed E-state index contributed by atoms with van der Waals surface area (Å²) < 4.78 is 19.6. The molecule has 0 aliphatic carbocycles. The van der Waals surface area contributed by atoms with Gasteiger partial charge in [0.2, 0.25) is 11.8 Å². The normalized spacial score (nSPS) is 19.1. The quantitative estimate of drug-likeness (QED) is 0.213. The van der Waals surface area contributed by atoms with Gasteiger partial charge in [0.05, 0.1) is 16.6 Å². The van der Waals surface area contributed by atoms with E-state index in [0.717, 1.165) is 38.8 Å². The van der Waals surface area contributed by atoms with Crippen molar-refractivity contribution in [2.45, 2.75) is 16.2 Å². The van der Waals surface area contributed by atoms with E-state index in [2.05, 4.69) is 10.3 Å². The number of hydrogen-bond donors (Lipinski definition) is 2. The number of benzene rings is 4. The summed E-state index contributed by atoms with van der Waals surface area (Å²) in [6.45, 7) is -0.345. The average molecular weight is 646 g/mol. The third-order valence-corrected chi connectivity index (χ3v) is 10.2. The van der Waals surface area contributed by atoms with Crippen molar-refractivity contribution < 1.29 is 23.5 Å². The molecule has 5 aromatic rings. The zero-order valence-corrected chi connectivity index (χ0v) is 25.0. The number of H-pyrrole nitrogens is 1. The van der Waals surface area contributed by atoms with Gasteiger partial charge in [-0.15, -0.1) is 0 Å². The van der Waals surface area contributed by atoms with Gasteiger partial charge in [-0.05, 0) is 65.4 Å². The fraction of sp³-hybridized carbons (Fsp3) is 0.125. The van der Waals surface area contributed by atoms with Crippen molar-refractivity contribution >= 4 is 74.6 Å². The maximum atomic E-state index is 14.0. The number of hydrogen-bond acceptors (Lipinski definition) is 7. The van der Waals surface area contributed by atoms with E-state index < -0.39 is 40.6 Å².